The van der Waals surface area contributed by atoms with E-state index in [9.17, 15) is 8.42 Å². The van der Waals surface area contributed by atoms with E-state index >= 15 is 0 Å². The van der Waals surface area contributed by atoms with Crippen LogP contribution in [0, 0.1) is 12.8 Å². The third-order valence-electron chi connectivity index (χ3n) is 4.97. The molecule has 0 bridgehead atoms. The van der Waals surface area contributed by atoms with E-state index in [4.69, 9.17) is 4.52 Å². The molecule has 0 aliphatic heterocycles. The molecule has 4 aromatic rings. The van der Waals surface area contributed by atoms with E-state index in [1.165, 1.54) is 0 Å². The summed E-state index contributed by atoms with van der Waals surface area (Å²) in [7, 11) is -1.82. The zero-order chi connectivity index (χ0) is 21.5. The van der Waals surface area contributed by atoms with Gasteiger partial charge in [-0.25, -0.2) is 13.4 Å². The van der Waals surface area contributed by atoms with Gasteiger partial charge in [-0.05, 0) is 43.2 Å². The molecular weight excluding hydrogens is 402 g/mol. The first-order chi connectivity index (χ1) is 14.2. The van der Waals surface area contributed by atoms with Gasteiger partial charge in [-0.1, -0.05) is 36.7 Å². The maximum absolute atomic E-state index is 12.8. The number of aryl methyl sites for hydroxylation is 2. The average molecular weight is 426 g/mol. The first kappa shape index (κ1) is 20.2. The average Bonchev–Trinajstić information content (AvgIpc) is 3.33. The summed E-state index contributed by atoms with van der Waals surface area (Å²) in [4.78, 5) is 9.01. The van der Waals surface area contributed by atoms with E-state index in [1.54, 1.807) is 30.6 Å². The number of imidazole rings is 1. The Labute approximate surface area is 175 Å². The fourth-order valence-electron chi connectivity index (χ4n) is 3.18. The summed E-state index contributed by atoms with van der Waals surface area (Å²) < 4.78 is 35.8. The molecule has 0 aliphatic rings. The van der Waals surface area contributed by atoms with Gasteiger partial charge in [0, 0.05) is 12.6 Å². The molecule has 0 saturated carbocycles. The number of nitrogens with one attached hydrogen (secondary N) is 1. The van der Waals surface area contributed by atoms with Gasteiger partial charge in [-0.15, -0.1) is 0 Å². The second-order valence-electron chi connectivity index (χ2n) is 7.67. The Hall–Kier alpha value is -3.04. The smallest absolute Gasteiger partial charge is 0.245 e. The van der Waals surface area contributed by atoms with Crippen LogP contribution in [-0.4, -0.2) is 28.1 Å². The Morgan fingerprint density at radius 2 is 1.83 bits per heavy atom. The summed E-state index contributed by atoms with van der Waals surface area (Å²) in [5, 5.41) is 4.06. The zero-order valence-corrected chi connectivity index (χ0v) is 18.0. The van der Waals surface area contributed by atoms with Gasteiger partial charge >= 0.3 is 0 Å². The molecule has 30 heavy (non-hydrogen) atoms. The van der Waals surface area contributed by atoms with Crippen molar-refractivity contribution in [2.24, 2.45) is 13.0 Å². The Bertz CT molecular complexity index is 1290. The van der Waals surface area contributed by atoms with Crippen molar-refractivity contribution < 1.29 is 12.9 Å². The largest absolute Gasteiger partial charge is 0.337 e. The van der Waals surface area contributed by atoms with E-state index < -0.39 is 16.1 Å². The van der Waals surface area contributed by atoms with E-state index in [-0.39, 0.29) is 16.7 Å². The molecule has 0 fully saturated rings. The summed E-state index contributed by atoms with van der Waals surface area (Å²) >= 11 is 0. The molecule has 0 spiro atoms. The predicted molar refractivity (Wildman–Crippen MR) is 113 cm³/mol. The molecule has 156 valence electrons. The standard InChI is InChI=1S/C21H23N5O3S/c1-13(2)19(25-30(27,28)16-8-5-14(3)6-9-16)21-23-20(24-29-21)15-7-10-18-17(11-15)22-12-26(18)4/h5-13,19,25H,1-4H3. The van der Waals surface area contributed by atoms with Crippen LogP contribution in [-0.2, 0) is 17.1 Å². The highest BCUT2D eigenvalue weighted by atomic mass is 32.2. The van der Waals surface area contributed by atoms with E-state index in [0.29, 0.717) is 5.82 Å². The van der Waals surface area contributed by atoms with Gasteiger partial charge in [0.05, 0.1) is 22.3 Å². The first-order valence-electron chi connectivity index (χ1n) is 9.58. The molecule has 0 radical (unpaired) electrons. The van der Waals surface area contributed by atoms with Crippen LogP contribution in [0.15, 0.2) is 58.2 Å². The van der Waals surface area contributed by atoms with Crippen molar-refractivity contribution in [1.29, 1.82) is 0 Å². The SMILES string of the molecule is Cc1ccc(S(=O)(=O)NC(c2nc(-c3ccc4c(c3)ncn4C)no2)C(C)C)cc1. The molecule has 1 N–H and O–H groups in total. The Morgan fingerprint density at radius 3 is 2.53 bits per heavy atom. The fourth-order valence-corrected chi connectivity index (χ4v) is 4.52. The molecule has 0 amide bonds. The van der Waals surface area contributed by atoms with Gasteiger partial charge < -0.3 is 9.09 Å². The number of hydrogen-bond acceptors (Lipinski definition) is 6. The van der Waals surface area contributed by atoms with Gasteiger partial charge in [-0.2, -0.15) is 9.71 Å². The minimum absolute atomic E-state index is 0.100. The topological polar surface area (TPSA) is 103 Å². The fraction of sp³-hybridized carbons (Fsp3) is 0.286. The molecule has 1 atom stereocenters. The lowest BCUT2D eigenvalue weighted by Crippen LogP contribution is -2.32. The van der Waals surface area contributed by atoms with Crippen molar-refractivity contribution >= 4 is 21.1 Å². The summed E-state index contributed by atoms with van der Waals surface area (Å²) in [6.45, 7) is 5.70. The van der Waals surface area contributed by atoms with Crippen molar-refractivity contribution in [1.82, 2.24) is 24.4 Å². The van der Waals surface area contributed by atoms with Crippen LogP contribution in [0.3, 0.4) is 0 Å². The van der Waals surface area contributed by atoms with Crippen LogP contribution >= 0.6 is 0 Å². The molecular formula is C21H23N5O3S. The summed E-state index contributed by atoms with van der Waals surface area (Å²) in [6, 6.07) is 11.7. The molecule has 0 saturated heterocycles. The maximum atomic E-state index is 12.8. The summed E-state index contributed by atoms with van der Waals surface area (Å²) in [5.74, 6) is 0.506. The van der Waals surface area contributed by atoms with Gasteiger partial charge in [0.1, 0.15) is 6.04 Å². The lowest BCUT2D eigenvalue weighted by molar-refractivity contribution is 0.311. The number of benzene rings is 2. The van der Waals surface area contributed by atoms with Crippen molar-refractivity contribution in [3.8, 4) is 11.4 Å². The van der Waals surface area contributed by atoms with Crippen LogP contribution in [0.4, 0.5) is 0 Å². The van der Waals surface area contributed by atoms with Crippen LogP contribution in [0.5, 0.6) is 0 Å². The summed E-state index contributed by atoms with van der Waals surface area (Å²) in [5.41, 5.74) is 3.55. The van der Waals surface area contributed by atoms with E-state index in [2.05, 4.69) is 19.8 Å². The second-order valence-corrected chi connectivity index (χ2v) is 9.39. The normalized spacial score (nSPS) is 13.2. The van der Waals surface area contributed by atoms with Crippen LogP contribution in [0.1, 0.15) is 31.3 Å². The molecule has 1 unspecified atom stereocenters. The number of hydrogen-bond donors (Lipinski definition) is 1. The highest BCUT2D eigenvalue weighted by molar-refractivity contribution is 7.89. The number of nitrogens with zero attached hydrogens (tertiary/aromatic N) is 4. The second kappa shape index (κ2) is 7.66. The Kier molecular flexibility index (Phi) is 5.17. The zero-order valence-electron chi connectivity index (χ0n) is 17.2. The number of rotatable bonds is 6. The highest BCUT2D eigenvalue weighted by Crippen LogP contribution is 2.27. The minimum atomic E-state index is -3.74. The number of fused-ring (bicyclic) bond motifs is 1. The molecule has 2 aromatic carbocycles. The lowest BCUT2D eigenvalue weighted by atomic mass is 10.1. The van der Waals surface area contributed by atoms with Gasteiger partial charge in [0.15, 0.2) is 0 Å². The molecule has 0 aliphatic carbocycles. The third-order valence-corrected chi connectivity index (χ3v) is 6.43. The van der Waals surface area contributed by atoms with Crippen LogP contribution in [0.2, 0.25) is 0 Å². The molecule has 9 heteroatoms. The van der Waals surface area contributed by atoms with Crippen LogP contribution in [0.25, 0.3) is 22.4 Å². The maximum Gasteiger partial charge on any atom is 0.245 e. The molecule has 4 rings (SSSR count). The van der Waals surface area contributed by atoms with Crippen molar-refractivity contribution in [3.63, 3.8) is 0 Å². The number of aromatic nitrogens is 4. The van der Waals surface area contributed by atoms with Crippen LogP contribution < -0.4 is 4.72 Å². The van der Waals surface area contributed by atoms with Gasteiger partial charge in [-0.3, -0.25) is 0 Å². The van der Waals surface area contributed by atoms with Crippen molar-refractivity contribution in [2.75, 3.05) is 0 Å². The molecule has 8 nitrogen and oxygen atoms in total. The number of sulfonamides is 1. The monoisotopic (exact) mass is 425 g/mol. The predicted octanol–water partition coefficient (Wildman–Crippen LogP) is 3.61. The van der Waals surface area contributed by atoms with E-state index in [1.807, 2.05) is 50.6 Å². The molecule has 2 heterocycles. The first-order valence-corrected chi connectivity index (χ1v) is 11.1. The Morgan fingerprint density at radius 1 is 1.10 bits per heavy atom. The van der Waals surface area contributed by atoms with Crippen molar-refractivity contribution in [3.05, 3.63) is 60.2 Å². The summed E-state index contributed by atoms with van der Waals surface area (Å²) in [6.07, 6.45) is 1.74. The minimum Gasteiger partial charge on any atom is -0.337 e. The Balaban J connectivity index is 1.63. The third kappa shape index (κ3) is 3.86. The van der Waals surface area contributed by atoms with Crippen molar-refractivity contribution in [2.45, 2.75) is 31.7 Å². The van der Waals surface area contributed by atoms with Gasteiger partial charge in [0.2, 0.25) is 21.7 Å². The lowest BCUT2D eigenvalue weighted by Gasteiger charge is -2.18. The molecule has 2 aromatic heterocycles. The quantitative estimate of drug-likeness (QED) is 0.506. The van der Waals surface area contributed by atoms with E-state index in [0.717, 1.165) is 22.2 Å². The van der Waals surface area contributed by atoms with Gasteiger partial charge in [0.25, 0.3) is 0 Å². The highest BCUT2D eigenvalue weighted by Gasteiger charge is 2.28.